The van der Waals surface area contributed by atoms with Gasteiger partial charge in [-0.3, -0.25) is 9.59 Å². The maximum absolute atomic E-state index is 11.9. The molecule has 1 aliphatic carbocycles. The predicted molar refractivity (Wildman–Crippen MR) is 74.4 cm³/mol. The van der Waals surface area contributed by atoms with E-state index in [4.69, 9.17) is 5.11 Å². The number of aliphatic carboxylic acids is 1. The van der Waals surface area contributed by atoms with Crippen molar-refractivity contribution in [3.8, 4) is 0 Å². The smallest absolute Gasteiger partial charge is 0.303 e. The van der Waals surface area contributed by atoms with Crippen molar-refractivity contribution in [2.24, 2.45) is 5.92 Å². The first kappa shape index (κ1) is 14.1. The van der Waals surface area contributed by atoms with E-state index in [-0.39, 0.29) is 18.2 Å². The summed E-state index contributed by atoms with van der Waals surface area (Å²) in [7, 11) is 0. The predicted octanol–water partition coefficient (Wildman–Crippen LogP) is 2.53. The molecule has 2 atom stereocenters. The highest BCUT2D eigenvalue weighted by Gasteiger charge is 2.44. The SMILES string of the molecule is Cc1ccsc1[C@H]1C[C@@H]1C(=O)NCCCCC(=O)O. The Balaban J connectivity index is 1.66. The zero-order valence-corrected chi connectivity index (χ0v) is 11.8. The Morgan fingerprint density at radius 1 is 1.47 bits per heavy atom. The van der Waals surface area contributed by atoms with Crippen molar-refractivity contribution in [2.45, 2.75) is 38.5 Å². The molecule has 1 heterocycles. The number of aryl methyl sites for hydroxylation is 1. The molecule has 0 radical (unpaired) electrons. The molecule has 2 rings (SSSR count). The van der Waals surface area contributed by atoms with Crippen LogP contribution in [0.15, 0.2) is 11.4 Å². The van der Waals surface area contributed by atoms with Gasteiger partial charge in [-0.25, -0.2) is 0 Å². The molecule has 0 unspecified atom stereocenters. The van der Waals surface area contributed by atoms with Gasteiger partial charge in [0.05, 0.1) is 0 Å². The topological polar surface area (TPSA) is 66.4 Å². The van der Waals surface area contributed by atoms with Gasteiger partial charge in [0.15, 0.2) is 0 Å². The maximum atomic E-state index is 11.9. The molecule has 1 aromatic rings. The minimum absolute atomic E-state index is 0.119. The van der Waals surface area contributed by atoms with Crippen LogP contribution in [0.4, 0.5) is 0 Å². The molecule has 0 bridgehead atoms. The van der Waals surface area contributed by atoms with Gasteiger partial charge in [0.1, 0.15) is 0 Å². The summed E-state index contributed by atoms with van der Waals surface area (Å²) in [4.78, 5) is 23.6. The lowest BCUT2D eigenvalue weighted by Gasteiger charge is -2.04. The zero-order chi connectivity index (χ0) is 13.8. The molecule has 0 spiro atoms. The first-order valence-electron chi connectivity index (χ1n) is 6.63. The van der Waals surface area contributed by atoms with Crippen molar-refractivity contribution in [3.63, 3.8) is 0 Å². The van der Waals surface area contributed by atoms with Gasteiger partial charge in [-0.05, 0) is 43.2 Å². The first-order valence-corrected chi connectivity index (χ1v) is 7.51. The molecule has 0 saturated heterocycles. The van der Waals surface area contributed by atoms with Crippen LogP contribution in [-0.2, 0) is 9.59 Å². The Morgan fingerprint density at radius 3 is 2.89 bits per heavy atom. The monoisotopic (exact) mass is 281 g/mol. The summed E-state index contributed by atoms with van der Waals surface area (Å²) in [5.74, 6) is -0.134. The second kappa shape index (κ2) is 6.19. The van der Waals surface area contributed by atoms with Gasteiger partial charge in [0, 0.05) is 29.7 Å². The van der Waals surface area contributed by atoms with Gasteiger partial charge in [-0.1, -0.05) is 0 Å². The number of carboxylic acids is 1. The summed E-state index contributed by atoms with van der Waals surface area (Å²) in [5, 5.41) is 13.5. The number of thiophene rings is 1. The lowest BCUT2D eigenvalue weighted by molar-refractivity contribution is -0.137. The number of rotatable bonds is 7. The normalized spacial score (nSPS) is 21.1. The summed E-state index contributed by atoms with van der Waals surface area (Å²) in [6, 6.07) is 2.10. The molecule has 1 fully saturated rings. The second-order valence-electron chi connectivity index (χ2n) is 5.06. The van der Waals surface area contributed by atoms with E-state index in [1.165, 1.54) is 10.4 Å². The molecule has 1 amide bonds. The van der Waals surface area contributed by atoms with Crippen LogP contribution in [0.25, 0.3) is 0 Å². The summed E-state index contributed by atoms with van der Waals surface area (Å²) in [6.45, 7) is 2.67. The number of carbonyl (C=O) groups excluding carboxylic acids is 1. The average molecular weight is 281 g/mol. The molecule has 2 N–H and O–H groups in total. The van der Waals surface area contributed by atoms with Crippen LogP contribution in [0, 0.1) is 12.8 Å². The number of carboxylic acid groups (broad SMARTS) is 1. The van der Waals surface area contributed by atoms with E-state index in [2.05, 4.69) is 23.7 Å². The Labute approximate surface area is 116 Å². The summed E-state index contributed by atoms with van der Waals surface area (Å²) >= 11 is 1.73. The molecular weight excluding hydrogens is 262 g/mol. The van der Waals surface area contributed by atoms with Crippen LogP contribution < -0.4 is 5.32 Å². The van der Waals surface area contributed by atoms with Crippen LogP contribution in [0.2, 0.25) is 0 Å². The van der Waals surface area contributed by atoms with Crippen molar-refractivity contribution >= 4 is 23.2 Å². The molecule has 4 nitrogen and oxygen atoms in total. The molecule has 1 aromatic heterocycles. The molecule has 1 aliphatic rings. The molecule has 104 valence electrons. The number of nitrogens with one attached hydrogen (secondary N) is 1. The summed E-state index contributed by atoms with van der Waals surface area (Å²) < 4.78 is 0. The Morgan fingerprint density at radius 2 is 2.26 bits per heavy atom. The van der Waals surface area contributed by atoms with Crippen LogP contribution >= 0.6 is 11.3 Å². The second-order valence-corrected chi connectivity index (χ2v) is 6.01. The van der Waals surface area contributed by atoms with Crippen LogP contribution in [-0.4, -0.2) is 23.5 Å². The van der Waals surface area contributed by atoms with Crippen LogP contribution in [0.3, 0.4) is 0 Å². The average Bonchev–Trinajstić information content (AvgIpc) is 3.04. The Bertz CT molecular complexity index is 469. The maximum Gasteiger partial charge on any atom is 0.303 e. The third-order valence-electron chi connectivity index (χ3n) is 3.48. The van der Waals surface area contributed by atoms with E-state index in [0.717, 1.165) is 12.8 Å². The van der Waals surface area contributed by atoms with Crippen molar-refractivity contribution in [1.29, 1.82) is 0 Å². The molecule has 0 aliphatic heterocycles. The molecule has 19 heavy (non-hydrogen) atoms. The quantitative estimate of drug-likeness (QED) is 0.755. The lowest BCUT2D eigenvalue weighted by atomic mass is 10.2. The van der Waals surface area contributed by atoms with Crippen LogP contribution in [0.1, 0.15) is 42.0 Å². The number of carbonyl (C=O) groups is 2. The van der Waals surface area contributed by atoms with Gasteiger partial charge < -0.3 is 10.4 Å². The standard InChI is InChI=1S/C14H19NO3S/c1-9-5-7-19-13(9)10-8-11(10)14(18)15-6-3-2-4-12(16)17/h5,7,10-11H,2-4,6,8H2,1H3,(H,15,18)(H,16,17)/t10-,11-/m0/s1. The van der Waals surface area contributed by atoms with Crippen LogP contribution in [0.5, 0.6) is 0 Å². The van der Waals surface area contributed by atoms with E-state index >= 15 is 0 Å². The largest absolute Gasteiger partial charge is 0.481 e. The molecule has 1 saturated carbocycles. The van der Waals surface area contributed by atoms with Crippen molar-refractivity contribution in [1.82, 2.24) is 5.32 Å². The summed E-state index contributed by atoms with van der Waals surface area (Å²) in [6.07, 6.45) is 2.47. The highest BCUT2D eigenvalue weighted by atomic mass is 32.1. The van der Waals surface area contributed by atoms with E-state index in [0.29, 0.717) is 18.9 Å². The van der Waals surface area contributed by atoms with E-state index in [1.807, 2.05) is 0 Å². The summed E-state index contributed by atoms with van der Waals surface area (Å²) in [5.41, 5.74) is 1.28. The minimum Gasteiger partial charge on any atom is -0.481 e. The van der Waals surface area contributed by atoms with Gasteiger partial charge >= 0.3 is 5.97 Å². The fourth-order valence-corrected chi connectivity index (χ4v) is 3.39. The molecular formula is C14H19NO3S. The fourth-order valence-electron chi connectivity index (χ4n) is 2.28. The molecule has 0 aromatic carbocycles. The van der Waals surface area contributed by atoms with E-state index in [9.17, 15) is 9.59 Å². The third-order valence-corrected chi connectivity index (χ3v) is 4.63. The van der Waals surface area contributed by atoms with Gasteiger partial charge in [0.2, 0.25) is 5.91 Å². The van der Waals surface area contributed by atoms with Crippen molar-refractivity contribution < 1.29 is 14.7 Å². The zero-order valence-electron chi connectivity index (χ0n) is 11.0. The first-order chi connectivity index (χ1) is 9.09. The van der Waals surface area contributed by atoms with Crippen molar-refractivity contribution in [3.05, 3.63) is 21.9 Å². The Kier molecular flexibility index (Phi) is 4.58. The van der Waals surface area contributed by atoms with Gasteiger partial charge in [-0.15, -0.1) is 11.3 Å². The minimum atomic E-state index is -0.776. The highest BCUT2D eigenvalue weighted by Crippen LogP contribution is 2.50. The van der Waals surface area contributed by atoms with E-state index < -0.39 is 5.97 Å². The lowest BCUT2D eigenvalue weighted by Crippen LogP contribution is -2.26. The fraction of sp³-hybridized carbons (Fsp3) is 0.571. The van der Waals surface area contributed by atoms with E-state index in [1.54, 1.807) is 11.3 Å². The van der Waals surface area contributed by atoms with Gasteiger partial charge in [0.25, 0.3) is 0 Å². The Hall–Kier alpha value is -1.36. The number of amides is 1. The number of hydrogen-bond donors (Lipinski definition) is 2. The molecule has 5 heteroatoms. The highest BCUT2D eigenvalue weighted by molar-refractivity contribution is 7.10. The third kappa shape index (κ3) is 3.80. The number of unbranched alkanes of at least 4 members (excludes halogenated alkanes) is 1. The number of hydrogen-bond acceptors (Lipinski definition) is 3. The van der Waals surface area contributed by atoms with Crippen molar-refractivity contribution in [2.75, 3.05) is 6.54 Å². The van der Waals surface area contributed by atoms with Gasteiger partial charge in [-0.2, -0.15) is 0 Å².